The molecule has 4 rings (SSSR count). The standard InChI is InChI=1S/C25H21N5O5S/c1-14-12-15(2)27-25-20(14)21(28-23(31)18-6-4-5-7-19(18)35-3)22(36-25)24(32)29-26-13-16-8-10-17(11-9-16)30(33)34/h4-13H,1-3H3,(H,28,31)(H,29,32)/b26-13+. The van der Waals surface area contributed by atoms with E-state index in [9.17, 15) is 19.7 Å². The van der Waals surface area contributed by atoms with Gasteiger partial charge in [0.1, 0.15) is 15.5 Å². The van der Waals surface area contributed by atoms with Gasteiger partial charge in [-0.25, -0.2) is 10.4 Å². The fourth-order valence-electron chi connectivity index (χ4n) is 3.63. The second kappa shape index (κ2) is 10.3. The number of non-ortho nitro benzene ring substituents is 1. The molecule has 2 aromatic heterocycles. The first kappa shape index (κ1) is 24.5. The minimum absolute atomic E-state index is 0.0462. The lowest BCUT2D eigenvalue weighted by Gasteiger charge is -2.11. The molecule has 4 aromatic rings. The minimum atomic E-state index is -0.538. The van der Waals surface area contributed by atoms with Gasteiger partial charge in [0.25, 0.3) is 17.5 Å². The Bertz CT molecular complexity index is 1510. The van der Waals surface area contributed by atoms with E-state index in [-0.39, 0.29) is 10.6 Å². The SMILES string of the molecule is COc1ccccc1C(=O)Nc1c(C(=O)N/N=C/c2ccc([N+](=O)[O-])cc2)sc2nc(C)cc(C)c12. The van der Waals surface area contributed by atoms with E-state index in [0.717, 1.165) is 22.6 Å². The normalized spacial score (nSPS) is 11.0. The van der Waals surface area contributed by atoms with Crippen LogP contribution in [0.4, 0.5) is 11.4 Å². The number of aromatic nitrogens is 1. The molecule has 0 fully saturated rings. The van der Waals surface area contributed by atoms with Gasteiger partial charge in [-0.2, -0.15) is 5.10 Å². The molecule has 2 N–H and O–H groups in total. The number of aryl methyl sites for hydroxylation is 2. The van der Waals surface area contributed by atoms with E-state index < -0.39 is 16.7 Å². The molecule has 10 nitrogen and oxygen atoms in total. The topological polar surface area (TPSA) is 136 Å². The van der Waals surface area contributed by atoms with Gasteiger partial charge in [-0.1, -0.05) is 12.1 Å². The number of carbonyl (C=O) groups excluding carboxylic acids is 2. The monoisotopic (exact) mass is 503 g/mol. The molecule has 0 bridgehead atoms. The number of benzene rings is 2. The molecule has 0 aliphatic carbocycles. The first-order chi connectivity index (χ1) is 17.3. The number of amides is 2. The van der Waals surface area contributed by atoms with E-state index in [1.165, 1.54) is 37.6 Å². The summed E-state index contributed by atoms with van der Waals surface area (Å²) in [7, 11) is 1.48. The van der Waals surface area contributed by atoms with Crippen molar-refractivity contribution in [1.82, 2.24) is 10.4 Å². The molecule has 0 aliphatic heterocycles. The van der Waals surface area contributed by atoms with Crippen LogP contribution in [0, 0.1) is 24.0 Å². The smallest absolute Gasteiger partial charge is 0.283 e. The van der Waals surface area contributed by atoms with E-state index >= 15 is 0 Å². The van der Waals surface area contributed by atoms with Gasteiger partial charge in [0.2, 0.25) is 0 Å². The largest absolute Gasteiger partial charge is 0.496 e. The predicted octanol–water partition coefficient (Wildman–Crippen LogP) is 4.85. The number of ether oxygens (including phenoxy) is 1. The first-order valence-corrected chi connectivity index (χ1v) is 11.5. The molecule has 2 aromatic carbocycles. The maximum atomic E-state index is 13.1. The summed E-state index contributed by atoms with van der Waals surface area (Å²) >= 11 is 1.14. The summed E-state index contributed by atoms with van der Waals surface area (Å²) in [6.07, 6.45) is 1.37. The molecule has 0 unspecified atom stereocenters. The van der Waals surface area contributed by atoms with Crippen LogP contribution in [0.3, 0.4) is 0 Å². The van der Waals surface area contributed by atoms with Crippen LogP contribution in [0.1, 0.15) is 36.9 Å². The molecule has 0 radical (unpaired) electrons. The van der Waals surface area contributed by atoms with Crippen LogP contribution in [0.5, 0.6) is 5.75 Å². The van der Waals surface area contributed by atoms with E-state index in [0.29, 0.717) is 32.8 Å². The molecular formula is C25H21N5O5S. The Morgan fingerprint density at radius 3 is 2.53 bits per heavy atom. The van der Waals surface area contributed by atoms with Crippen molar-refractivity contribution in [2.24, 2.45) is 5.10 Å². The van der Waals surface area contributed by atoms with Gasteiger partial charge in [0, 0.05) is 23.2 Å². The molecule has 0 aliphatic rings. The number of rotatable bonds is 7. The number of hydrogen-bond acceptors (Lipinski definition) is 8. The third-order valence-electron chi connectivity index (χ3n) is 5.27. The highest BCUT2D eigenvalue weighted by molar-refractivity contribution is 7.21. The summed E-state index contributed by atoms with van der Waals surface area (Å²) in [5.41, 5.74) is 5.27. The number of nitrogens with zero attached hydrogens (tertiary/aromatic N) is 3. The Labute approximate surface area is 209 Å². The third kappa shape index (κ3) is 5.05. The van der Waals surface area contributed by atoms with Crippen LogP contribution in [-0.4, -0.2) is 35.0 Å². The molecule has 0 spiro atoms. The number of hydrazone groups is 1. The Morgan fingerprint density at radius 2 is 1.83 bits per heavy atom. The minimum Gasteiger partial charge on any atom is -0.496 e. The zero-order valence-corrected chi connectivity index (χ0v) is 20.4. The van der Waals surface area contributed by atoms with Crippen molar-refractivity contribution in [3.8, 4) is 5.75 Å². The van der Waals surface area contributed by atoms with Crippen molar-refractivity contribution < 1.29 is 19.2 Å². The number of methoxy groups -OCH3 is 1. The van der Waals surface area contributed by atoms with Crippen molar-refractivity contribution in [3.63, 3.8) is 0 Å². The van der Waals surface area contributed by atoms with E-state index in [4.69, 9.17) is 4.74 Å². The molecule has 0 atom stereocenters. The fraction of sp³-hybridized carbons (Fsp3) is 0.120. The second-order valence-electron chi connectivity index (χ2n) is 7.77. The molecular weight excluding hydrogens is 482 g/mol. The van der Waals surface area contributed by atoms with E-state index in [2.05, 4.69) is 20.8 Å². The van der Waals surface area contributed by atoms with Crippen LogP contribution in [-0.2, 0) is 0 Å². The third-order valence-corrected chi connectivity index (χ3v) is 6.35. The summed E-state index contributed by atoms with van der Waals surface area (Å²) in [5.74, 6) is -0.571. The zero-order valence-electron chi connectivity index (χ0n) is 19.6. The number of carbonyl (C=O) groups is 2. The number of fused-ring (bicyclic) bond motifs is 1. The van der Waals surface area contributed by atoms with Crippen molar-refractivity contribution in [3.05, 3.63) is 92.0 Å². The predicted molar refractivity (Wildman–Crippen MR) is 138 cm³/mol. The number of pyridine rings is 1. The fourth-order valence-corrected chi connectivity index (χ4v) is 4.77. The van der Waals surface area contributed by atoms with E-state index in [1.54, 1.807) is 24.3 Å². The lowest BCUT2D eigenvalue weighted by Crippen LogP contribution is -2.20. The summed E-state index contributed by atoms with van der Waals surface area (Å²) in [6.45, 7) is 3.74. The first-order valence-electron chi connectivity index (χ1n) is 10.7. The molecule has 36 heavy (non-hydrogen) atoms. The summed E-state index contributed by atoms with van der Waals surface area (Å²) in [4.78, 5) is 41.9. The van der Waals surface area contributed by atoms with Crippen LogP contribution in [0.2, 0.25) is 0 Å². The van der Waals surface area contributed by atoms with Crippen molar-refractivity contribution in [1.29, 1.82) is 0 Å². The van der Waals surface area contributed by atoms with Crippen LogP contribution in [0.15, 0.2) is 59.7 Å². The maximum Gasteiger partial charge on any atom is 0.283 e. The van der Waals surface area contributed by atoms with E-state index in [1.807, 2.05) is 19.9 Å². The molecule has 0 saturated heterocycles. The van der Waals surface area contributed by atoms with Gasteiger partial charge in [0.15, 0.2) is 0 Å². The quantitative estimate of drug-likeness (QED) is 0.210. The number of nitrogens with one attached hydrogen (secondary N) is 2. The highest BCUT2D eigenvalue weighted by atomic mass is 32.1. The molecule has 182 valence electrons. The lowest BCUT2D eigenvalue weighted by molar-refractivity contribution is -0.384. The summed E-state index contributed by atoms with van der Waals surface area (Å²) < 4.78 is 5.30. The van der Waals surface area contributed by atoms with Gasteiger partial charge in [-0.15, -0.1) is 11.3 Å². The second-order valence-corrected chi connectivity index (χ2v) is 8.77. The molecule has 11 heteroatoms. The Hall–Kier alpha value is -4.64. The van der Waals surface area contributed by atoms with Crippen LogP contribution < -0.4 is 15.5 Å². The summed E-state index contributed by atoms with van der Waals surface area (Å²) in [5, 5.41) is 18.3. The number of anilines is 1. The average molecular weight is 504 g/mol. The Balaban J connectivity index is 1.65. The number of para-hydroxylation sites is 1. The molecule has 2 amide bonds. The number of thiophene rings is 1. The van der Waals surface area contributed by atoms with Crippen LogP contribution in [0.25, 0.3) is 10.2 Å². The molecule has 2 heterocycles. The van der Waals surface area contributed by atoms with Gasteiger partial charge in [-0.05, 0) is 55.3 Å². The van der Waals surface area contributed by atoms with Gasteiger partial charge in [0.05, 0.1) is 29.5 Å². The van der Waals surface area contributed by atoms with Crippen molar-refractivity contribution in [2.45, 2.75) is 13.8 Å². The van der Waals surface area contributed by atoms with Gasteiger partial charge < -0.3 is 10.1 Å². The van der Waals surface area contributed by atoms with Gasteiger partial charge in [-0.3, -0.25) is 19.7 Å². The van der Waals surface area contributed by atoms with Crippen molar-refractivity contribution >= 4 is 51.0 Å². The highest BCUT2D eigenvalue weighted by Crippen LogP contribution is 2.38. The van der Waals surface area contributed by atoms with Crippen molar-refractivity contribution in [2.75, 3.05) is 12.4 Å². The van der Waals surface area contributed by atoms with Gasteiger partial charge >= 0.3 is 0 Å². The number of nitro groups is 1. The number of nitro benzene ring substituents is 1. The average Bonchev–Trinajstić information content (AvgIpc) is 3.22. The maximum absolute atomic E-state index is 13.1. The Kier molecular flexibility index (Phi) is 7.02. The molecule has 0 saturated carbocycles. The lowest BCUT2D eigenvalue weighted by atomic mass is 10.1. The highest BCUT2D eigenvalue weighted by Gasteiger charge is 2.24. The zero-order chi connectivity index (χ0) is 25.8. The Morgan fingerprint density at radius 1 is 1.11 bits per heavy atom. The number of hydrogen-bond donors (Lipinski definition) is 2. The summed E-state index contributed by atoms with van der Waals surface area (Å²) in [6, 6.07) is 14.4. The van der Waals surface area contributed by atoms with Crippen LogP contribution >= 0.6 is 11.3 Å².